The minimum atomic E-state index is -0.668. The summed E-state index contributed by atoms with van der Waals surface area (Å²) < 4.78 is 28.9. The van der Waals surface area contributed by atoms with E-state index in [-0.39, 0.29) is 12.3 Å². The van der Waals surface area contributed by atoms with Crippen molar-refractivity contribution >= 4 is 0 Å². The van der Waals surface area contributed by atoms with Gasteiger partial charge in [-0.2, -0.15) is 5.10 Å². The number of nitrogens with zero attached hydrogens (tertiary/aromatic N) is 3. The predicted octanol–water partition coefficient (Wildman–Crippen LogP) is 3.55. The van der Waals surface area contributed by atoms with Gasteiger partial charge in [0.25, 0.3) is 0 Å². The molecule has 0 radical (unpaired) electrons. The average Bonchev–Trinajstić information content (AvgIpc) is 2.98. The van der Waals surface area contributed by atoms with Crippen LogP contribution in [0.25, 0.3) is 16.9 Å². The van der Waals surface area contributed by atoms with E-state index in [2.05, 4.69) is 5.10 Å². The molecule has 4 nitrogen and oxygen atoms in total. The van der Waals surface area contributed by atoms with Crippen LogP contribution in [0.5, 0.6) is 0 Å². The van der Waals surface area contributed by atoms with Gasteiger partial charge in [-0.15, -0.1) is 0 Å². The Morgan fingerprint density at radius 3 is 2.62 bits per heavy atom. The fourth-order valence-corrected chi connectivity index (χ4v) is 2.92. The highest BCUT2D eigenvalue weighted by Gasteiger charge is 2.17. The van der Waals surface area contributed by atoms with Crippen molar-refractivity contribution in [3.63, 3.8) is 0 Å². The van der Waals surface area contributed by atoms with Crippen LogP contribution in [0.1, 0.15) is 11.1 Å². The number of aryl methyl sites for hydroxylation is 1. The maximum Gasteiger partial charge on any atom is 0.151 e. The quantitative estimate of drug-likeness (QED) is 0.734. The highest BCUT2D eigenvalue weighted by Crippen LogP contribution is 2.28. The van der Waals surface area contributed by atoms with Crippen molar-refractivity contribution in [3.8, 4) is 16.9 Å². The lowest BCUT2D eigenvalue weighted by Crippen LogP contribution is -2.21. The van der Waals surface area contributed by atoms with Gasteiger partial charge in [0.15, 0.2) is 5.82 Å². The second-order valence-corrected chi connectivity index (χ2v) is 6.32. The summed E-state index contributed by atoms with van der Waals surface area (Å²) in [7, 11) is 1.90. The maximum absolute atomic E-state index is 14.2. The van der Waals surface area contributed by atoms with Crippen molar-refractivity contribution in [2.45, 2.75) is 13.5 Å². The van der Waals surface area contributed by atoms with Gasteiger partial charge in [-0.1, -0.05) is 24.3 Å². The Morgan fingerprint density at radius 1 is 1.15 bits per heavy atom. The number of likely N-dealkylation sites (N-methyl/N-ethyl adjacent to an activating group) is 1. The minimum Gasteiger partial charge on any atom is -0.395 e. The second kappa shape index (κ2) is 7.76. The molecule has 2 aromatic carbocycles. The molecule has 0 fully saturated rings. The molecule has 0 saturated carbocycles. The van der Waals surface area contributed by atoms with Crippen LogP contribution in [0, 0.1) is 18.6 Å². The van der Waals surface area contributed by atoms with E-state index in [4.69, 9.17) is 5.11 Å². The van der Waals surface area contributed by atoms with E-state index in [1.54, 1.807) is 6.20 Å². The molecule has 3 aromatic rings. The lowest BCUT2D eigenvalue weighted by atomic mass is 10.0. The van der Waals surface area contributed by atoms with Crippen molar-refractivity contribution < 1.29 is 13.9 Å². The molecule has 0 unspecified atom stereocenters. The van der Waals surface area contributed by atoms with Crippen molar-refractivity contribution in [2.75, 3.05) is 20.2 Å². The molecular weight excluding hydrogens is 336 g/mol. The summed E-state index contributed by atoms with van der Waals surface area (Å²) in [5.41, 5.74) is 3.86. The Kier molecular flexibility index (Phi) is 5.44. The summed E-state index contributed by atoms with van der Waals surface area (Å²) in [6.07, 6.45) is 1.76. The first kappa shape index (κ1) is 18.2. The number of aliphatic hydroxyl groups is 1. The van der Waals surface area contributed by atoms with Gasteiger partial charge in [0, 0.05) is 36.5 Å². The smallest absolute Gasteiger partial charge is 0.151 e. The van der Waals surface area contributed by atoms with Crippen LogP contribution in [-0.4, -0.2) is 40.0 Å². The summed E-state index contributed by atoms with van der Waals surface area (Å²) in [4.78, 5) is 1.96. The first-order valence-corrected chi connectivity index (χ1v) is 8.39. The van der Waals surface area contributed by atoms with Crippen LogP contribution >= 0.6 is 0 Å². The Morgan fingerprint density at radius 2 is 1.92 bits per heavy atom. The van der Waals surface area contributed by atoms with E-state index in [9.17, 15) is 8.78 Å². The van der Waals surface area contributed by atoms with Gasteiger partial charge in [0.2, 0.25) is 0 Å². The van der Waals surface area contributed by atoms with Crippen LogP contribution in [0.4, 0.5) is 8.78 Å². The molecule has 0 amide bonds. The molecular formula is C20H21F2N3O. The predicted molar refractivity (Wildman–Crippen MR) is 97.1 cm³/mol. The fraction of sp³-hybridized carbons (Fsp3) is 0.250. The van der Waals surface area contributed by atoms with Gasteiger partial charge >= 0.3 is 0 Å². The van der Waals surface area contributed by atoms with Crippen LogP contribution in [0.15, 0.2) is 48.7 Å². The van der Waals surface area contributed by atoms with Gasteiger partial charge in [-0.25, -0.2) is 13.5 Å². The molecule has 0 spiro atoms. The molecule has 1 N–H and O–H groups in total. The van der Waals surface area contributed by atoms with Gasteiger partial charge in [-0.05, 0) is 31.7 Å². The van der Waals surface area contributed by atoms with Gasteiger partial charge in [0.1, 0.15) is 11.5 Å². The van der Waals surface area contributed by atoms with Crippen LogP contribution in [0.3, 0.4) is 0 Å². The van der Waals surface area contributed by atoms with Crippen molar-refractivity contribution in [3.05, 3.63) is 71.4 Å². The van der Waals surface area contributed by atoms with Crippen LogP contribution in [-0.2, 0) is 6.54 Å². The van der Waals surface area contributed by atoms with E-state index in [1.165, 1.54) is 16.8 Å². The third-order valence-corrected chi connectivity index (χ3v) is 4.27. The number of halogens is 2. The van der Waals surface area contributed by atoms with Gasteiger partial charge < -0.3 is 5.11 Å². The molecule has 1 heterocycles. The van der Waals surface area contributed by atoms with Crippen LogP contribution < -0.4 is 0 Å². The Hall–Kier alpha value is -2.57. The largest absolute Gasteiger partial charge is 0.395 e. The summed E-state index contributed by atoms with van der Waals surface area (Å²) in [5, 5.41) is 13.7. The molecule has 0 aliphatic rings. The lowest BCUT2D eigenvalue weighted by molar-refractivity contribution is 0.217. The van der Waals surface area contributed by atoms with E-state index < -0.39 is 11.6 Å². The average molecular weight is 357 g/mol. The molecule has 0 bridgehead atoms. The third-order valence-electron chi connectivity index (χ3n) is 4.27. The summed E-state index contributed by atoms with van der Waals surface area (Å²) in [6, 6.07) is 11.3. The number of benzene rings is 2. The number of aromatic nitrogens is 2. The number of hydrogen-bond donors (Lipinski definition) is 1. The third kappa shape index (κ3) is 3.81. The summed E-state index contributed by atoms with van der Waals surface area (Å²) in [5.74, 6) is -1.29. The second-order valence-electron chi connectivity index (χ2n) is 6.32. The Balaban J connectivity index is 2.09. The number of hydrogen-bond acceptors (Lipinski definition) is 3. The zero-order valence-corrected chi connectivity index (χ0v) is 14.8. The van der Waals surface area contributed by atoms with Crippen molar-refractivity contribution in [2.24, 2.45) is 0 Å². The first-order valence-electron chi connectivity index (χ1n) is 8.39. The molecule has 1 aromatic heterocycles. The molecule has 6 heteroatoms. The molecule has 136 valence electrons. The van der Waals surface area contributed by atoms with Gasteiger partial charge in [-0.3, -0.25) is 4.90 Å². The fourth-order valence-electron chi connectivity index (χ4n) is 2.92. The van der Waals surface area contributed by atoms with Crippen molar-refractivity contribution in [1.82, 2.24) is 14.7 Å². The standard InChI is InChI=1S/C20H21F2N3O/c1-14-5-3-4-6-17(14)20-15(12-24(2)9-10-26)13-25(23-20)19-8-7-16(21)11-18(19)22/h3-8,11,13,26H,9-10,12H2,1-2H3. The highest BCUT2D eigenvalue weighted by molar-refractivity contribution is 5.66. The Bertz CT molecular complexity index is 908. The monoisotopic (exact) mass is 357 g/mol. The summed E-state index contributed by atoms with van der Waals surface area (Å²) >= 11 is 0. The van der Waals surface area contributed by atoms with E-state index in [0.29, 0.717) is 13.1 Å². The van der Waals surface area contributed by atoms with Gasteiger partial charge in [0.05, 0.1) is 12.3 Å². The Labute approximate surface area is 151 Å². The van der Waals surface area contributed by atoms with E-state index in [1.807, 2.05) is 43.1 Å². The lowest BCUT2D eigenvalue weighted by Gasteiger charge is -2.15. The zero-order chi connectivity index (χ0) is 18.7. The number of aliphatic hydroxyl groups excluding tert-OH is 1. The van der Waals surface area contributed by atoms with E-state index >= 15 is 0 Å². The molecule has 0 aliphatic carbocycles. The molecule has 3 rings (SSSR count). The molecule has 26 heavy (non-hydrogen) atoms. The molecule has 0 saturated heterocycles. The highest BCUT2D eigenvalue weighted by atomic mass is 19.1. The number of rotatable bonds is 6. The van der Waals surface area contributed by atoms with Crippen molar-refractivity contribution in [1.29, 1.82) is 0 Å². The SMILES string of the molecule is Cc1ccccc1-c1nn(-c2ccc(F)cc2F)cc1CN(C)CCO. The summed E-state index contributed by atoms with van der Waals surface area (Å²) in [6.45, 7) is 3.11. The van der Waals surface area contributed by atoms with E-state index in [0.717, 1.165) is 28.5 Å². The minimum absolute atomic E-state index is 0.0525. The maximum atomic E-state index is 14.2. The zero-order valence-electron chi connectivity index (χ0n) is 14.8. The normalized spacial score (nSPS) is 11.3. The molecule has 0 aliphatic heterocycles. The first-order chi connectivity index (χ1) is 12.5. The van der Waals surface area contributed by atoms with Crippen LogP contribution in [0.2, 0.25) is 0 Å². The topological polar surface area (TPSA) is 41.3 Å². The molecule has 0 atom stereocenters.